The van der Waals surface area contributed by atoms with Crippen molar-refractivity contribution in [3.05, 3.63) is 83.0 Å². The smallest absolute Gasteiger partial charge is 0.255 e. The van der Waals surface area contributed by atoms with Crippen LogP contribution in [-0.4, -0.2) is 25.1 Å². The minimum atomic E-state index is -0.173. The summed E-state index contributed by atoms with van der Waals surface area (Å²) in [5, 5.41) is 7.14. The van der Waals surface area contributed by atoms with Gasteiger partial charge < -0.3 is 9.72 Å². The zero-order valence-electron chi connectivity index (χ0n) is 13.1. The van der Waals surface area contributed by atoms with Gasteiger partial charge in [0.05, 0.1) is 24.1 Å². The molecular formula is C18H14BrN5O. The fourth-order valence-corrected chi connectivity index (χ4v) is 2.98. The minimum absolute atomic E-state index is 0.173. The molecule has 1 N–H and O–H groups in total. The molecule has 6 nitrogen and oxygen atoms in total. The third-order valence-corrected chi connectivity index (χ3v) is 4.21. The molecule has 4 aromatic rings. The first kappa shape index (κ1) is 15.6. The van der Waals surface area contributed by atoms with Gasteiger partial charge in [-0.2, -0.15) is 5.10 Å². The third kappa shape index (κ3) is 3.46. The second-order valence-electron chi connectivity index (χ2n) is 5.59. The highest BCUT2D eigenvalue weighted by Gasteiger charge is 2.09. The highest BCUT2D eigenvalue weighted by molar-refractivity contribution is 9.10. The maximum atomic E-state index is 12.3. The van der Waals surface area contributed by atoms with E-state index in [9.17, 15) is 4.79 Å². The maximum Gasteiger partial charge on any atom is 0.255 e. The van der Waals surface area contributed by atoms with Crippen LogP contribution in [0.4, 0.5) is 5.69 Å². The average Bonchev–Trinajstić information content (AvgIpc) is 3.21. The Morgan fingerprint density at radius 2 is 2.08 bits per heavy atom. The fourth-order valence-electron chi connectivity index (χ4n) is 2.58. The molecule has 0 atom stereocenters. The van der Waals surface area contributed by atoms with E-state index in [1.165, 1.54) is 0 Å². The summed E-state index contributed by atoms with van der Waals surface area (Å²) in [6.07, 6.45) is 7.35. The van der Waals surface area contributed by atoms with Crippen LogP contribution in [0.2, 0.25) is 0 Å². The lowest BCUT2D eigenvalue weighted by atomic mass is 10.2. The molecule has 4 rings (SSSR count). The molecule has 3 aromatic heterocycles. The summed E-state index contributed by atoms with van der Waals surface area (Å²) in [6.45, 7) is 0.536. The van der Waals surface area contributed by atoms with E-state index in [0.29, 0.717) is 17.8 Å². The third-order valence-electron chi connectivity index (χ3n) is 3.72. The lowest BCUT2D eigenvalue weighted by molar-refractivity contribution is 0.102. The van der Waals surface area contributed by atoms with Crippen molar-refractivity contribution in [3.63, 3.8) is 0 Å². The molecule has 0 fully saturated rings. The number of nitrogens with one attached hydrogen (secondary N) is 1. The number of carbonyl (C=O) groups excluding carboxylic acids is 1. The number of hydrogen-bond donors (Lipinski definition) is 1. The normalized spacial score (nSPS) is 10.9. The van der Waals surface area contributed by atoms with Gasteiger partial charge in [-0.15, -0.1) is 0 Å². The molecule has 1 aromatic carbocycles. The molecule has 0 spiro atoms. The summed E-state index contributed by atoms with van der Waals surface area (Å²) in [5.74, 6) is -0.173. The van der Waals surface area contributed by atoms with Crippen LogP contribution in [-0.2, 0) is 6.54 Å². The number of aromatic nitrogens is 4. The zero-order valence-corrected chi connectivity index (χ0v) is 14.7. The van der Waals surface area contributed by atoms with Crippen LogP contribution < -0.4 is 5.32 Å². The van der Waals surface area contributed by atoms with Crippen LogP contribution in [0.3, 0.4) is 0 Å². The van der Waals surface area contributed by atoms with Gasteiger partial charge in [-0.25, -0.2) is 4.98 Å². The average molecular weight is 396 g/mol. The number of nitrogens with zero attached hydrogens (tertiary/aromatic N) is 4. The van der Waals surface area contributed by atoms with Gasteiger partial charge in [0, 0.05) is 28.6 Å². The first-order valence-corrected chi connectivity index (χ1v) is 8.49. The Morgan fingerprint density at radius 3 is 2.92 bits per heavy atom. The Kier molecular flexibility index (Phi) is 4.07. The highest BCUT2D eigenvalue weighted by Crippen LogP contribution is 2.14. The lowest BCUT2D eigenvalue weighted by Gasteiger charge is -2.02. The van der Waals surface area contributed by atoms with E-state index in [0.717, 1.165) is 15.8 Å². The van der Waals surface area contributed by atoms with E-state index < -0.39 is 0 Å². The summed E-state index contributed by atoms with van der Waals surface area (Å²) in [7, 11) is 0. The molecule has 25 heavy (non-hydrogen) atoms. The van der Waals surface area contributed by atoms with E-state index in [-0.39, 0.29) is 5.91 Å². The predicted molar refractivity (Wildman–Crippen MR) is 98.6 cm³/mol. The number of amides is 1. The SMILES string of the molecule is O=C(Nc1cnn(Cc2cn3ccccc3n2)c1)c1cccc(Br)c1. The Bertz CT molecular complexity index is 1020. The molecule has 0 aliphatic heterocycles. The molecule has 0 saturated heterocycles. The van der Waals surface area contributed by atoms with E-state index in [4.69, 9.17) is 0 Å². The van der Waals surface area contributed by atoms with Crippen molar-refractivity contribution in [1.82, 2.24) is 19.2 Å². The number of hydrogen-bond acceptors (Lipinski definition) is 3. The van der Waals surface area contributed by atoms with Gasteiger partial charge in [0.25, 0.3) is 5.91 Å². The summed E-state index contributed by atoms with van der Waals surface area (Å²) >= 11 is 3.37. The van der Waals surface area contributed by atoms with Gasteiger partial charge in [-0.1, -0.05) is 28.1 Å². The zero-order chi connectivity index (χ0) is 17.2. The quantitative estimate of drug-likeness (QED) is 0.574. The summed E-state index contributed by atoms with van der Waals surface area (Å²) in [5.41, 5.74) is 3.03. The molecule has 0 aliphatic carbocycles. The summed E-state index contributed by atoms with van der Waals surface area (Å²) < 4.78 is 4.58. The highest BCUT2D eigenvalue weighted by atomic mass is 79.9. The van der Waals surface area contributed by atoms with Crippen LogP contribution in [0.25, 0.3) is 5.65 Å². The number of anilines is 1. The molecule has 0 unspecified atom stereocenters. The summed E-state index contributed by atoms with van der Waals surface area (Å²) in [4.78, 5) is 16.8. The van der Waals surface area contributed by atoms with E-state index >= 15 is 0 Å². The van der Waals surface area contributed by atoms with Crippen molar-refractivity contribution in [2.24, 2.45) is 0 Å². The van der Waals surface area contributed by atoms with Crippen molar-refractivity contribution in [2.45, 2.75) is 6.54 Å². The van der Waals surface area contributed by atoms with Gasteiger partial charge in [-0.3, -0.25) is 9.48 Å². The van der Waals surface area contributed by atoms with Crippen LogP contribution in [0, 0.1) is 0 Å². The van der Waals surface area contributed by atoms with Gasteiger partial charge in [-0.05, 0) is 30.3 Å². The Morgan fingerprint density at radius 1 is 1.16 bits per heavy atom. The first-order valence-electron chi connectivity index (χ1n) is 7.69. The lowest BCUT2D eigenvalue weighted by Crippen LogP contribution is -2.11. The van der Waals surface area contributed by atoms with E-state index in [1.807, 2.05) is 47.1 Å². The van der Waals surface area contributed by atoms with Gasteiger partial charge in [0.15, 0.2) is 0 Å². The van der Waals surface area contributed by atoms with Crippen molar-refractivity contribution in [3.8, 4) is 0 Å². The second kappa shape index (κ2) is 6.52. The number of rotatable bonds is 4. The van der Waals surface area contributed by atoms with Crippen LogP contribution >= 0.6 is 15.9 Å². The molecular weight excluding hydrogens is 382 g/mol. The molecule has 7 heteroatoms. The minimum Gasteiger partial charge on any atom is -0.319 e. The van der Waals surface area contributed by atoms with Crippen LogP contribution in [0.15, 0.2) is 71.7 Å². The van der Waals surface area contributed by atoms with Crippen molar-refractivity contribution in [2.75, 3.05) is 5.32 Å². The van der Waals surface area contributed by atoms with Crippen LogP contribution in [0.1, 0.15) is 16.1 Å². The predicted octanol–water partition coefficient (Wildman–Crippen LogP) is 3.59. The number of carbonyl (C=O) groups is 1. The molecule has 0 saturated carbocycles. The van der Waals surface area contributed by atoms with Crippen molar-refractivity contribution in [1.29, 1.82) is 0 Å². The maximum absolute atomic E-state index is 12.3. The molecule has 0 bridgehead atoms. The number of benzene rings is 1. The molecule has 124 valence electrons. The number of fused-ring (bicyclic) bond motifs is 1. The van der Waals surface area contributed by atoms with Gasteiger partial charge in [0.1, 0.15) is 5.65 Å². The van der Waals surface area contributed by atoms with Gasteiger partial charge >= 0.3 is 0 Å². The van der Waals surface area contributed by atoms with E-state index in [2.05, 4.69) is 31.3 Å². The first-order chi connectivity index (χ1) is 12.2. The number of halogens is 1. The summed E-state index contributed by atoms with van der Waals surface area (Å²) in [6, 6.07) is 13.1. The molecule has 0 radical (unpaired) electrons. The number of imidazole rings is 1. The molecule has 0 aliphatic rings. The fraction of sp³-hybridized carbons (Fsp3) is 0.0556. The topological polar surface area (TPSA) is 64.2 Å². The Hall–Kier alpha value is -2.93. The number of pyridine rings is 1. The van der Waals surface area contributed by atoms with Gasteiger partial charge in [0.2, 0.25) is 0 Å². The molecule has 3 heterocycles. The monoisotopic (exact) mass is 395 g/mol. The van der Waals surface area contributed by atoms with E-state index in [1.54, 1.807) is 29.2 Å². The van der Waals surface area contributed by atoms with Crippen LogP contribution in [0.5, 0.6) is 0 Å². The van der Waals surface area contributed by atoms with Crippen molar-refractivity contribution >= 4 is 33.2 Å². The Balaban J connectivity index is 1.47. The second-order valence-corrected chi connectivity index (χ2v) is 6.51. The molecule has 1 amide bonds. The van der Waals surface area contributed by atoms with Crippen molar-refractivity contribution < 1.29 is 4.79 Å². The standard InChI is InChI=1S/C18H14BrN5O/c19-14-5-3-4-13(8-14)18(25)22-15-9-20-24(11-15)12-16-10-23-7-2-1-6-17(23)21-16/h1-11H,12H2,(H,22,25). The largest absolute Gasteiger partial charge is 0.319 e. The Labute approximate surface area is 152 Å².